The standard InChI is InChI=1S/C17H27B2NO4/c1-14(2)15(3,4)22-18(21-14)12-10-9-11-13(20-12)19-23-16(5,6)17(7,8)24-19/h9-11H,1-8H3. The minimum Gasteiger partial charge on any atom is -0.398 e. The van der Waals surface area contributed by atoms with Crippen LogP contribution in [0.3, 0.4) is 0 Å². The van der Waals surface area contributed by atoms with E-state index < -0.39 is 14.2 Å². The fourth-order valence-corrected chi connectivity index (χ4v) is 2.66. The average molecular weight is 331 g/mol. The summed E-state index contributed by atoms with van der Waals surface area (Å²) < 4.78 is 24.3. The van der Waals surface area contributed by atoms with Crippen molar-refractivity contribution in [3.8, 4) is 0 Å². The lowest BCUT2D eigenvalue weighted by molar-refractivity contribution is 0.00578. The van der Waals surface area contributed by atoms with E-state index in [0.717, 1.165) is 11.2 Å². The van der Waals surface area contributed by atoms with E-state index >= 15 is 0 Å². The third-order valence-electron chi connectivity index (χ3n) is 5.78. The van der Waals surface area contributed by atoms with Gasteiger partial charge >= 0.3 is 14.2 Å². The third-order valence-corrected chi connectivity index (χ3v) is 5.78. The molecule has 0 spiro atoms. The molecule has 2 aliphatic heterocycles. The van der Waals surface area contributed by atoms with Crippen molar-refractivity contribution in [2.75, 3.05) is 0 Å². The number of rotatable bonds is 2. The van der Waals surface area contributed by atoms with E-state index in [0.29, 0.717) is 0 Å². The lowest BCUT2D eigenvalue weighted by atomic mass is 9.79. The maximum Gasteiger partial charge on any atom is 0.514 e. The SMILES string of the molecule is CC1(C)OB(c2cccc(B3OC(C)(C)C(C)(C)O3)n2)OC1(C)C. The van der Waals surface area contributed by atoms with Crippen molar-refractivity contribution < 1.29 is 18.6 Å². The summed E-state index contributed by atoms with van der Waals surface area (Å²) in [5.74, 6) is 0. The van der Waals surface area contributed by atoms with Gasteiger partial charge in [-0.25, -0.2) is 0 Å². The maximum atomic E-state index is 6.08. The Morgan fingerprint density at radius 1 is 0.625 bits per heavy atom. The summed E-state index contributed by atoms with van der Waals surface area (Å²) in [5.41, 5.74) is -0.0830. The molecule has 1 aromatic rings. The van der Waals surface area contributed by atoms with Gasteiger partial charge in [0.1, 0.15) is 0 Å². The van der Waals surface area contributed by atoms with E-state index in [1.807, 2.05) is 73.6 Å². The van der Waals surface area contributed by atoms with Crippen LogP contribution in [0.2, 0.25) is 0 Å². The van der Waals surface area contributed by atoms with Crippen molar-refractivity contribution >= 4 is 25.4 Å². The van der Waals surface area contributed by atoms with Gasteiger partial charge in [-0.3, -0.25) is 4.98 Å². The normalized spacial score (nSPS) is 26.8. The van der Waals surface area contributed by atoms with Gasteiger partial charge in [0.2, 0.25) is 0 Å². The van der Waals surface area contributed by atoms with Crippen LogP contribution >= 0.6 is 0 Å². The Hall–Kier alpha value is -0.880. The smallest absolute Gasteiger partial charge is 0.398 e. The second-order valence-electron chi connectivity index (χ2n) is 8.66. The number of nitrogens with zero attached hydrogens (tertiary/aromatic N) is 1. The van der Waals surface area contributed by atoms with Gasteiger partial charge in [-0.15, -0.1) is 0 Å². The molecule has 5 nitrogen and oxygen atoms in total. The summed E-state index contributed by atoms with van der Waals surface area (Å²) in [6, 6.07) is 5.77. The molecule has 1 aromatic heterocycles. The summed E-state index contributed by atoms with van der Waals surface area (Å²) >= 11 is 0. The van der Waals surface area contributed by atoms with Gasteiger partial charge < -0.3 is 18.6 Å². The van der Waals surface area contributed by atoms with Crippen molar-refractivity contribution in [1.29, 1.82) is 0 Å². The largest absolute Gasteiger partial charge is 0.514 e. The second-order valence-corrected chi connectivity index (χ2v) is 8.66. The second kappa shape index (κ2) is 5.31. The Morgan fingerprint density at radius 3 is 1.21 bits per heavy atom. The predicted molar refractivity (Wildman–Crippen MR) is 95.7 cm³/mol. The summed E-state index contributed by atoms with van der Waals surface area (Å²) in [6.07, 6.45) is 0. The molecule has 0 atom stereocenters. The van der Waals surface area contributed by atoms with Gasteiger partial charge in [0.05, 0.1) is 33.6 Å². The van der Waals surface area contributed by atoms with E-state index in [2.05, 4.69) is 0 Å². The summed E-state index contributed by atoms with van der Waals surface area (Å²) in [7, 11) is -0.977. The van der Waals surface area contributed by atoms with Gasteiger partial charge in [-0.1, -0.05) is 6.07 Å². The van der Waals surface area contributed by atoms with Crippen LogP contribution in [0, 0.1) is 0 Å². The van der Waals surface area contributed by atoms with Crippen molar-refractivity contribution in [2.45, 2.75) is 77.8 Å². The highest BCUT2D eigenvalue weighted by molar-refractivity contribution is 6.64. The van der Waals surface area contributed by atoms with Crippen LogP contribution in [0.4, 0.5) is 0 Å². The Kier molecular flexibility index (Phi) is 3.96. The van der Waals surface area contributed by atoms with Crippen LogP contribution in [-0.4, -0.2) is 41.6 Å². The third kappa shape index (κ3) is 2.81. The molecule has 0 bridgehead atoms. The highest BCUT2D eigenvalue weighted by Gasteiger charge is 2.54. The van der Waals surface area contributed by atoms with Crippen LogP contribution in [-0.2, 0) is 18.6 Å². The lowest BCUT2D eigenvalue weighted by Gasteiger charge is -2.32. The molecule has 0 aliphatic carbocycles. The fourth-order valence-electron chi connectivity index (χ4n) is 2.66. The topological polar surface area (TPSA) is 49.8 Å². The Morgan fingerprint density at radius 2 is 0.917 bits per heavy atom. The maximum absolute atomic E-state index is 6.08. The zero-order chi connectivity index (χ0) is 18.0. The van der Waals surface area contributed by atoms with Crippen LogP contribution in [0.1, 0.15) is 55.4 Å². The average Bonchev–Trinajstić information content (AvgIpc) is 2.79. The van der Waals surface area contributed by atoms with E-state index in [1.165, 1.54) is 0 Å². The quantitative estimate of drug-likeness (QED) is 0.772. The first-order valence-corrected chi connectivity index (χ1v) is 8.53. The van der Waals surface area contributed by atoms with Crippen molar-refractivity contribution in [1.82, 2.24) is 4.98 Å². The molecule has 2 aliphatic rings. The van der Waals surface area contributed by atoms with Gasteiger partial charge in [0.25, 0.3) is 0 Å². The molecule has 3 rings (SSSR count). The lowest BCUT2D eigenvalue weighted by Crippen LogP contribution is -2.44. The van der Waals surface area contributed by atoms with Gasteiger partial charge in [0.15, 0.2) is 0 Å². The Balaban J connectivity index is 1.84. The fraction of sp³-hybridized carbons (Fsp3) is 0.706. The van der Waals surface area contributed by atoms with Crippen LogP contribution < -0.4 is 11.2 Å². The molecular formula is C17H27B2NO4. The molecule has 0 unspecified atom stereocenters. The zero-order valence-electron chi connectivity index (χ0n) is 16.0. The van der Waals surface area contributed by atoms with E-state index in [-0.39, 0.29) is 22.4 Å². The first-order chi connectivity index (χ1) is 10.8. The monoisotopic (exact) mass is 331 g/mol. The Labute approximate surface area is 145 Å². The highest BCUT2D eigenvalue weighted by atomic mass is 16.7. The van der Waals surface area contributed by atoms with Crippen molar-refractivity contribution in [3.63, 3.8) is 0 Å². The van der Waals surface area contributed by atoms with Crippen molar-refractivity contribution in [3.05, 3.63) is 18.2 Å². The van der Waals surface area contributed by atoms with E-state index in [9.17, 15) is 0 Å². The zero-order valence-corrected chi connectivity index (χ0v) is 16.0. The first kappa shape index (κ1) is 17.9. The summed E-state index contributed by atoms with van der Waals surface area (Å²) in [4.78, 5) is 4.70. The van der Waals surface area contributed by atoms with Crippen LogP contribution in [0.15, 0.2) is 18.2 Å². The molecule has 2 saturated heterocycles. The van der Waals surface area contributed by atoms with Crippen LogP contribution in [0.25, 0.3) is 0 Å². The molecule has 7 heteroatoms. The Bertz CT molecular complexity index is 562. The first-order valence-electron chi connectivity index (χ1n) is 8.53. The van der Waals surface area contributed by atoms with Crippen molar-refractivity contribution in [2.24, 2.45) is 0 Å². The van der Waals surface area contributed by atoms with Gasteiger partial charge in [-0.2, -0.15) is 0 Å². The van der Waals surface area contributed by atoms with E-state index in [1.54, 1.807) is 0 Å². The molecule has 0 N–H and O–H groups in total. The molecule has 0 radical (unpaired) electrons. The number of pyridine rings is 1. The summed E-state index contributed by atoms with van der Waals surface area (Å²) in [5, 5.41) is 0. The molecular weight excluding hydrogens is 304 g/mol. The molecule has 0 amide bonds. The number of aromatic nitrogens is 1. The molecule has 3 heterocycles. The van der Waals surface area contributed by atoms with E-state index in [4.69, 9.17) is 23.6 Å². The molecule has 0 aromatic carbocycles. The highest BCUT2D eigenvalue weighted by Crippen LogP contribution is 2.37. The minimum absolute atomic E-state index is 0.389. The number of hydrogen-bond acceptors (Lipinski definition) is 5. The molecule has 130 valence electrons. The molecule has 24 heavy (non-hydrogen) atoms. The minimum atomic E-state index is -0.489. The van der Waals surface area contributed by atoms with Crippen LogP contribution in [0.5, 0.6) is 0 Å². The van der Waals surface area contributed by atoms with Gasteiger partial charge in [-0.05, 0) is 67.5 Å². The molecule has 0 saturated carbocycles. The van der Waals surface area contributed by atoms with Gasteiger partial charge in [0, 0.05) is 0 Å². The number of hydrogen-bond donors (Lipinski definition) is 0. The summed E-state index contributed by atoms with van der Waals surface area (Å²) in [6.45, 7) is 16.3. The predicted octanol–water partition coefficient (Wildman–Crippen LogP) is 1.68. The molecule has 2 fully saturated rings.